The number of sulfonamides is 1. The van der Waals surface area contributed by atoms with Gasteiger partial charge in [-0.2, -0.15) is 4.98 Å². The lowest BCUT2D eigenvalue weighted by atomic mass is 10.2. The summed E-state index contributed by atoms with van der Waals surface area (Å²) in [5.74, 6) is 0.653. The van der Waals surface area contributed by atoms with Crippen LogP contribution in [0, 0.1) is 0 Å². The Bertz CT molecular complexity index is 1290. The topological polar surface area (TPSA) is 113 Å². The van der Waals surface area contributed by atoms with Crippen LogP contribution in [0.15, 0.2) is 61.2 Å². The van der Waals surface area contributed by atoms with E-state index in [1.165, 1.54) is 6.20 Å². The molecule has 9 nitrogen and oxygen atoms in total. The van der Waals surface area contributed by atoms with E-state index in [4.69, 9.17) is 11.6 Å². The number of pyridine rings is 1. The number of benzene rings is 1. The molecular weight excluding hydrogens is 414 g/mol. The van der Waals surface area contributed by atoms with Gasteiger partial charge in [0.15, 0.2) is 5.82 Å². The predicted octanol–water partition coefficient (Wildman–Crippen LogP) is 3.64. The van der Waals surface area contributed by atoms with Crippen LogP contribution in [0.5, 0.6) is 0 Å². The summed E-state index contributed by atoms with van der Waals surface area (Å²) in [6.45, 7) is 0. The normalized spacial score (nSPS) is 11.4. The SMILES string of the molecule is CS(=O)(=O)Nc1ccccc1Nc1nc(Nc2ccc3nccn3c2)ncc1Cl. The summed E-state index contributed by atoms with van der Waals surface area (Å²) in [5, 5.41) is 6.45. The molecule has 11 heteroatoms. The zero-order valence-corrected chi connectivity index (χ0v) is 16.7. The largest absolute Gasteiger partial charge is 0.337 e. The van der Waals surface area contributed by atoms with Crippen LogP contribution in [0.3, 0.4) is 0 Å². The molecule has 0 saturated heterocycles. The standard InChI is InChI=1S/C18H16ClN7O2S/c1-29(27,28)25-15-5-3-2-4-14(15)23-17-13(19)10-21-18(24-17)22-12-6-7-16-20-8-9-26(16)11-12/h2-11,25H,1H3,(H2,21,22,23,24). The van der Waals surface area contributed by atoms with Crippen LogP contribution in [-0.4, -0.2) is 34.0 Å². The Kier molecular flexibility index (Phi) is 4.95. The molecule has 148 valence electrons. The third-order valence-corrected chi connectivity index (χ3v) is 4.73. The van der Waals surface area contributed by atoms with Crippen molar-refractivity contribution in [1.82, 2.24) is 19.4 Å². The van der Waals surface area contributed by atoms with Crippen LogP contribution in [0.25, 0.3) is 5.65 Å². The molecule has 3 N–H and O–H groups in total. The molecule has 3 aromatic heterocycles. The lowest BCUT2D eigenvalue weighted by molar-refractivity contribution is 0.607. The molecule has 4 rings (SSSR count). The number of nitrogens with zero attached hydrogens (tertiary/aromatic N) is 4. The van der Waals surface area contributed by atoms with E-state index in [2.05, 4.69) is 30.3 Å². The molecule has 29 heavy (non-hydrogen) atoms. The van der Waals surface area contributed by atoms with E-state index in [-0.39, 0.29) is 5.02 Å². The van der Waals surface area contributed by atoms with Crippen LogP contribution < -0.4 is 15.4 Å². The number of nitrogens with one attached hydrogen (secondary N) is 3. The summed E-state index contributed by atoms with van der Waals surface area (Å²) in [7, 11) is -3.44. The maximum atomic E-state index is 11.6. The predicted molar refractivity (Wildman–Crippen MR) is 114 cm³/mol. The van der Waals surface area contributed by atoms with Gasteiger partial charge in [-0.1, -0.05) is 23.7 Å². The second-order valence-corrected chi connectivity index (χ2v) is 8.33. The molecule has 3 heterocycles. The average molecular weight is 430 g/mol. The van der Waals surface area contributed by atoms with Crippen molar-refractivity contribution in [2.75, 3.05) is 21.6 Å². The Labute approximate surface area is 171 Å². The Balaban J connectivity index is 1.61. The van der Waals surface area contributed by atoms with Crippen molar-refractivity contribution < 1.29 is 8.42 Å². The first-order chi connectivity index (χ1) is 13.9. The number of fused-ring (bicyclic) bond motifs is 1. The van der Waals surface area contributed by atoms with Crippen LogP contribution in [-0.2, 0) is 10.0 Å². The lowest BCUT2D eigenvalue weighted by Crippen LogP contribution is -2.11. The van der Waals surface area contributed by atoms with Crippen molar-refractivity contribution >= 4 is 56.1 Å². The molecule has 0 bridgehead atoms. The van der Waals surface area contributed by atoms with Gasteiger partial charge >= 0.3 is 0 Å². The van der Waals surface area contributed by atoms with Gasteiger partial charge in [0.2, 0.25) is 16.0 Å². The van der Waals surface area contributed by atoms with Crippen molar-refractivity contribution in [2.24, 2.45) is 0 Å². The summed E-state index contributed by atoms with van der Waals surface area (Å²) >= 11 is 6.23. The van der Waals surface area contributed by atoms with Crippen molar-refractivity contribution in [3.05, 3.63) is 66.2 Å². The molecule has 0 fully saturated rings. The molecule has 0 aliphatic carbocycles. The van der Waals surface area contributed by atoms with Crippen molar-refractivity contribution in [3.8, 4) is 0 Å². The van der Waals surface area contributed by atoms with Gasteiger partial charge in [0.05, 0.1) is 29.5 Å². The highest BCUT2D eigenvalue weighted by Crippen LogP contribution is 2.29. The highest BCUT2D eigenvalue weighted by molar-refractivity contribution is 7.92. The number of imidazole rings is 1. The van der Waals surface area contributed by atoms with Gasteiger partial charge < -0.3 is 15.0 Å². The Morgan fingerprint density at radius 1 is 1.03 bits per heavy atom. The quantitative estimate of drug-likeness (QED) is 0.428. The van der Waals surface area contributed by atoms with Crippen molar-refractivity contribution in [1.29, 1.82) is 0 Å². The Hall–Kier alpha value is -3.37. The molecule has 1 aromatic carbocycles. The number of aromatic nitrogens is 4. The fourth-order valence-corrected chi connectivity index (χ4v) is 3.36. The van der Waals surface area contributed by atoms with Crippen LogP contribution >= 0.6 is 11.6 Å². The van der Waals surface area contributed by atoms with Gasteiger partial charge in [0, 0.05) is 18.6 Å². The van der Waals surface area contributed by atoms with E-state index < -0.39 is 10.0 Å². The zero-order valence-electron chi connectivity index (χ0n) is 15.2. The monoisotopic (exact) mass is 429 g/mol. The summed E-state index contributed by atoms with van der Waals surface area (Å²) < 4.78 is 27.5. The molecule has 0 unspecified atom stereocenters. The number of halogens is 1. The Morgan fingerprint density at radius 2 is 1.83 bits per heavy atom. The molecule has 4 aromatic rings. The highest BCUT2D eigenvalue weighted by atomic mass is 35.5. The molecule has 0 saturated carbocycles. The average Bonchev–Trinajstić information content (AvgIpc) is 3.13. The maximum absolute atomic E-state index is 11.6. The maximum Gasteiger partial charge on any atom is 0.229 e. The molecular formula is C18H16ClN7O2S. The summed E-state index contributed by atoms with van der Waals surface area (Å²) in [6, 6.07) is 10.6. The third-order valence-electron chi connectivity index (χ3n) is 3.86. The van der Waals surface area contributed by atoms with Crippen LogP contribution in [0.2, 0.25) is 5.02 Å². The molecule has 0 amide bonds. The fraction of sp³-hybridized carbons (Fsp3) is 0.0556. The smallest absolute Gasteiger partial charge is 0.229 e. The van der Waals surface area contributed by atoms with Gasteiger partial charge in [-0.3, -0.25) is 4.72 Å². The molecule has 0 radical (unpaired) electrons. The van der Waals surface area contributed by atoms with E-state index in [0.29, 0.717) is 23.1 Å². The van der Waals surface area contributed by atoms with Crippen molar-refractivity contribution in [2.45, 2.75) is 0 Å². The zero-order chi connectivity index (χ0) is 20.4. The Morgan fingerprint density at radius 3 is 2.62 bits per heavy atom. The van der Waals surface area contributed by atoms with Gasteiger partial charge in [0.25, 0.3) is 0 Å². The fourth-order valence-electron chi connectivity index (χ4n) is 2.65. The van der Waals surface area contributed by atoms with Crippen molar-refractivity contribution in [3.63, 3.8) is 0 Å². The van der Waals surface area contributed by atoms with Gasteiger partial charge in [-0.15, -0.1) is 0 Å². The highest BCUT2D eigenvalue weighted by Gasteiger charge is 2.11. The molecule has 0 aliphatic rings. The van der Waals surface area contributed by atoms with Gasteiger partial charge in [0.1, 0.15) is 10.7 Å². The summed E-state index contributed by atoms with van der Waals surface area (Å²) in [5.41, 5.74) is 2.47. The van der Waals surface area contributed by atoms with E-state index in [0.717, 1.165) is 17.6 Å². The number of hydrogen-bond acceptors (Lipinski definition) is 7. The van der Waals surface area contributed by atoms with Gasteiger partial charge in [-0.25, -0.2) is 18.4 Å². The molecule has 0 spiro atoms. The van der Waals surface area contributed by atoms with Crippen LogP contribution in [0.4, 0.5) is 28.8 Å². The first-order valence-corrected chi connectivity index (χ1v) is 10.7. The molecule has 0 aliphatic heterocycles. The van der Waals surface area contributed by atoms with E-state index in [9.17, 15) is 8.42 Å². The van der Waals surface area contributed by atoms with E-state index >= 15 is 0 Å². The third kappa shape index (κ3) is 4.55. The lowest BCUT2D eigenvalue weighted by Gasteiger charge is -2.14. The van der Waals surface area contributed by atoms with E-state index in [1.807, 2.05) is 28.9 Å². The summed E-state index contributed by atoms with van der Waals surface area (Å²) in [4.78, 5) is 12.8. The molecule has 0 atom stereocenters. The minimum atomic E-state index is -3.44. The minimum Gasteiger partial charge on any atom is -0.337 e. The number of rotatable bonds is 6. The summed E-state index contributed by atoms with van der Waals surface area (Å²) in [6.07, 6.45) is 7.95. The van der Waals surface area contributed by atoms with Crippen LogP contribution in [0.1, 0.15) is 0 Å². The minimum absolute atomic E-state index is 0.287. The second kappa shape index (κ2) is 7.57. The van der Waals surface area contributed by atoms with E-state index in [1.54, 1.807) is 30.5 Å². The number of hydrogen-bond donors (Lipinski definition) is 3. The second-order valence-electron chi connectivity index (χ2n) is 6.17. The number of anilines is 5. The van der Waals surface area contributed by atoms with Gasteiger partial charge in [-0.05, 0) is 24.3 Å². The number of para-hydroxylation sites is 2. The first-order valence-electron chi connectivity index (χ1n) is 8.43. The first kappa shape index (κ1) is 19.0.